The van der Waals surface area contributed by atoms with Crippen LogP contribution in [0.25, 0.3) is 28.0 Å². The van der Waals surface area contributed by atoms with E-state index in [4.69, 9.17) is 15.1 Å². The number of allylic oxidation sites excluding steroid dienone is 1. The van der Waals surface area contributed by atoms with Gasteiger partial charge in [0.2, 0.25) is 5.91 Å². The first-order valence-electron chi connectivity index (χ1n) is 14.8. The van der Waals surface area contributed by atoms with Crippen molar-refractivity contribution < 1.29 is 4.79 Å². The van der Waals surface area contributed by atoms with Gasteiger partial charge < -0.3 is 10.2 Å². The maximum Gasteiger partial charge on any atom is 0.223 e. The molecule has 43 heavy (non-hydrogen) atoms. The van der Waals surface area contributed by atoms with Crippen molar-refractivity contribution in [2.75, 3.05) is 36.4 Å². The maximum absolute atomic E-state index is 11.6. The number of nitrogens with one attached hydrogen (secondary N) is 1. The lowest BCUT2D eigenvalue weighted by molar-refractivity contribution is -0.114. The molecule has 1 aliphatic carbocycles. The zero-order valence-electron chi connectivity index (χ0n) is 24.9. The first-order chi connectivity index (χ1) is 20.8. The molecule has 1 fully saturated rings. The van der Waals surface area contributed by atoms with Gasteiger partial charge in [-0.05, 0) is 45.4 Å². The van der Waals surface area contributed by atoms with Crippen LogP contribution in [0.3, 0.4) is 0 Å². The molecule has 11 heteroatoms. The zero-order valence-corrected chi connectivity index (χ0v) is 25.7. The number of rotatable bonds is 6. The number of thiazole rings is 1. The third kappa shape index (κ3) is 5.27. The molecule has 0 saturated carbocycles. The van der Waals surface area contributed by atoms with Crippen LogP contribution >= 0.6 is 11.3 Å². The number of aromatic nitrogens is 6. The molecule has 1 aromatic carbocycles. The van der Waals surface area contributed by atoms with Crippen molar-refractivity contribution in [2.24, 2.45) is 0 Å². The fourth-order valence-corrected chi connectivity index (χ4v) is 7.27. The highest BCUT2D eigenvalue weighted by molar-refractivity contribution is 7.16. The molecule has 0 spiro atoms. The summed E-state index contributed by atoms with van der Waals surface area (Å²) in [4.78, 5) is 36.7. The molecule has 1 atom stereocenters. The number of nitrogens with zero attached hydrogens (tertiary/aromatic N) is 8. The van der Waals surface area contributed by atoms with Crippen molar-refractivity contribution in [1.29, 1.82) is 0 Å². The van der Waals surface area contributed by atoms with Gasteiger partial charge in [-0.1, -0.05) is 24.3 Å². The van der Waals surface area contributed by atoms with E-state index in [9.17, 15) is 4.79 Å². The number of anilines is 2. The van der Waals surface area contributed by atoms with Gasteiger partial charge in [0, 0.05) is 60.9 Å². The van der Waals surface area contributed by atoms with E-state index in [0.29, 0.717) is 17.7 Å². The van der Waals surface area contributed by atoms with Crippen LogP contribution in [0, 0.1) is 6.92 Å². The Labute approximate surface area is 254 Å². The summed E-state index contributed by atoms with van der Waals surface area (Å²) in [5.41, 5.74) is 5.75. The number of carbonyl (C=O) groups excluding carboxylic acids is 1. The van der Waals surface area contributed by atoms with Gasteiger partial charge in [-0.3, -0.25) is 9.69 Å². The fourth-order valence-electron chi connectivity index (χ4n) is 6.21. The van der Waals surface area contributed by atoms with Gasteiger partial charge in [0.1, 0.15) is 12.1 Å². The predicted molar refractivity (Wildman–Crippen MR) is 172 cm³/mol. The van der Waals surface area contributed by atoms with Gasteiger partial charge in [0.25, 0.3) is 0 Å². The molecule has 1 saturated heterocycles. The minimum atomic E-state index is -0.117. The number of benzene rings is 1. The van der Waals surface area contributed by atoms with E-state index in [1.54, 1.807) is 6.33 Å². The molecule has 1 N–H and O–H groups in total. The summed E-state index contributed by atoms with van der Waals surface area (Å²) in [5, 5.41) is 10.8. The molecular weight excluding hydrogens is 558 g/mol. The molecule has 5 heterocycles. The molecule has 4 aromatic heterocycles. The summed E-state index contributed by atoms with van der Waals surface area (Å²) in [5.74, 6) is 0.953. The Hall–Kier alpha value is -4.22. The molecule has 5 aromatic rings. The Morgan fingerprint density at radius 3 is 2.72 bits per heavy atom. The topological polar surface area (TPSA) is 105 Å². The van der Waals surface area contributed by atoms with Gasteiger partial charge in [-0.25, -0.2) is 24.6 Å². The third-order valence-corrected chi connectivity index (χ3v) is 9.45. The number of piperazine rings is 1. The van der Waals surface area contributed by atoms with Gasteiger partial charge in [0.05, 0.1) is 34.5 Å². The molecule has 0 bridgehead atoms. The van der Waals surface area contributed by atoms with Crippen LogP contribution in [0.5, 0.6) is 0 Å². The Bertz CT molecular complexity index is 1870. The summed E-state index contributed by atoms with van der Waals surface area (Å²) in [6.45, 7) is 12.5. The first-order valence-corrected chi connectivity index (χ1v) is 15.7. The average Bonchev–Trinajstić information content (AvgIpc) is 3.57. The van der Waals surface area contributed by atoms with Crippen molar-refractivity contribution in [3.05, 3.63) is 70.3 Å². The minimum Gasteiger partial charge on any atom is -0.354 e. The summed E-state index contributed by atoms with van der Waals surface area (Å²) in [6.07, 6.45) is 6.58. The number of aryl methyl sites for hydroxylation is 1. The molecule has 220 valence electrons. The van der Waals surface area contributed by atoms with E-state index >= 15 is 0 Å². The highest BCUT2D eigenvalue weighted by Gasteiger charge is 2.27. The molecule has 7 rings (SSSR count). The van der Waals surface area contributed by atoms with Gasteiger partial charge in [-0.15, -0.1) is 11.3 Å². The quantitative estimate of drug-likeness (QED) is 0.292. The van der Waals surface area contributed by atoms with Crippen LogP contribution in [0.1, 0.15) is 54.2 Å². The first kappa shape index (κ1) is 27.6. The minimum absolute atomic E-state index is 0.0462. The SMILES string of the molecule is CC(=O)Nc1nc2c(s1)CC(c1nn(Cc3cc4ccccc4nc3N3CCN(C(C)C)CC3)c3ncnc(C)c13)C=C2. The number of hydrogen-bond acceptors (Lipinski definition) is 9. The van der Waals surface area contributed by atoms with Crippen molar-refractivity contribution in [3.63, 3.8) is 0 Å². The number of amides is 1. The monoisotopic (exact) mass is 593 g/mol. The molecule has 0 radical (unpaired) electrons. The Kier molecular flexibility index (Phi) is 7.14. The van der Waals surface area contributed by atoms with Crippen LogP contribution in [-0.4, -0.2) is 72.7 Å². The molecular formula is C32H35N9OS. The number of fused-ring (bicyclic) bond motifs is 3. The van der Waals surface area contributed by atoms with Crippen LogP contribution in [-0.2, 0) is 17.8 Å². The van der Waals surface area contributed by atoms with E-state index < -0.39 is 0 Å². The maximum atomic E-state index is 11.6. The molecule has 1 aliphatic heterocycles. The predicted octanol–water partition coefficient (Wildman–Crippen LogP) is 5.03. The van der Waals surface area contributed by atoms with E-state index in [2.05, 4.69) is 69.3 Å². The Morgan fingerprint density at radius 1 is 1.12 bits per heavy atom. The summed E-state index contributed by atoms with van der Waals surface area (Å²) >= 11 is 1.52. The van der Waals surface area contributed by atoms with Crippen molar-refractivity contribution in [1.82, 2.24) is 34.6 Å². The lowest BCUT2D eigenvalue weighted by Gasteiger charge is -2.38. The van der Waals surface area contributed by atoms with Crippen LogP contribution in [0.15, 0.2) is 42.7 Å². The van der Waals surface area contributed by atoms with Gasteiger partial charge in [0.15, 0.2) is 10.8 Å². The van der Waals surface area contributed by atoms with Crippen molar-refractivity contribution >= 4 is 56.2 Å². The fraction of sp³-hybridized carbons (Fsp3) is 0.375. The number of pyridine rings is 1. The van der Waals surface area contributed by atoms with E-state index in [1.165, 1.54) is 18.3 Å². The van der Waals surface area contributed by atoms with Gasteiger partial charge in [-0.2, -0.15) is 5.10 Å². The number of carbonyl (C=O) groups is 1. The smallest absolute Gasteiger partial charge is 0.223 e. The van der Waals surface area contributed by atoms with Crippen LogP contribution in [0.2, 0.25) is 0 Å². The highest BCUT2D eigenvalue weighted by atomic mass is 32.1. The molecule has 1 amide bonds. The van der Waals surface area contributed by atoms with Crippen molar-refractivity contribution in [2.45, 2.75) is 52.6 Å². The Morgan fingerprint density at radius 2 is 1.93 bits per heavy atom. The van der Waals surface area contributed by atoms with Crippen LogP contribution in [0.4, 0.5) is 10.9 Å². The summed E-state index contributed by atoms with van der Waals surface area (Å²) in [7, 11) is 0. The number of hydrogen-bond donors (Lipinski definition) is 1. The zero-order chi connectivity index (χ0) is 29.7. The summed E-state index contributed by atoms with van der Waals surface area (Å²) in [6, 6.07) is 11.1. The standard InChI is InChI=1S/C32H35N9OS/c1-19(2)39-11-13-40(14-12-39)30-24(15-22-7-5-6-8-25(22)36-30)17-41-31-28(20(3)33-18-34-31)29(38-41)23-9-10-26-27(16-23)43-32(37-26)35-21(4)42/h5-10,15,18-19,23H,11-14,16-17H2,1-4H3,(H,35,37,42). The summed E-state index contributed by atoms with van der Waals surface area (Å²) < 4.78 is 2.03. The average molecular weight is 594 g/mol. The Balaban J connectivity index is 1.26. The van der Waals surface area contributed by atoms with E-state index in [-0.39, 0.29) is 11.8 Å². The second-order valence-electron chi connectivity index (χ2n) is 11.7. The highest BCUT2D eigenvalue weighted by Crippen LogP contribution is 2.38. The third-order valence-electron chi connectivity index (χ3n) is 8.44. The number of para-hydroxylation sites is 1. The normalized spacial score (nSPS) is 17.2. The molecule has 2 aliphatic rings. The largest absolute Gasteiger partial charge is 0.354 e. The molecule has 10 nitrogen and oxygen atoms in total. The van der Waals surface area contributed by atoms with Crippen LogP contribution < -0.4 is 10.2 Å². The molecule has 1 unspecified atom stereocenters. The lowest BCUT2D eigenvalue weighted by atomic mass is 9.93. The van der Waals surface area contributed by atoms with E-state index in [1.807, 2.05) is 23.7 Å². The second-order valence-corrected chi connectivity index (χ2v) is 12.7. The van der Waals surface area contributed by atoms with Gasteiger partial charge >= 0.3 is 0 Å². The van der Waals surface area contributed by atoms with Crippen molar-refractivity contribution in [3.8, 4) is 0 Å². The second kappa shape index (κ2) is 11.1. The van der Waals surface area contributed by atoms with E-state index in [0.717, 1.165) is 87.9 Å². The lowest BCUT2D eigenvalue weighted by Crippen LogP contribution is -2.49.